The molecule has 0 saturated heterocycles. The fraction of sp³-hybridized carbons (Fsp3) is 0.667. The zero-order chi connectivity index (χ0) is 7.28. The van der Waals surface area contributed by atoms with Crippen LogP contribution in [0.1, 0.15) is 13.8 Å². The summed E-state index contributed by atoms with van der Waals surface area (Å²) in [6.45, 7) is 9.98. The molecule has 0 aromatic carbocycles. The van der Waals surface area contributed by atoms with Crippen LogP contribution in [0.5, 0.6) is 0 Å². The van der Waals surface area contributed by atoms with Gasteiger partial charge in [-0.15, -0.1) is 0 Å². The van der Waals surface area contributed by atoms with Crippen molar-refractivity contribution in [2.24, 2.45) is 0 Å². The average Bonchev–Trinajstić information content (AvgIpc) is 1.82. The van der Waals surface area contributed by atoms with Gasteiger partial charge in [-0.3, -0.25) is 0 Å². The van der Waals surface area contributed by atoms with E-state index in [0.717, 1.165) is 13.5 Å². The summed E-state index contributed by atoms with van der Waals surface area (Å²) in [6.07, 6.45) is 1.90. The van der Waals surface area contributed by atoms with Gasteiger partial charge in [0.15, 0.2) is 0 Å². The topological polar surface area (TPSA) is 3.24 Å². The summed E-state index contributed by atoms with van der Waals surface area (Å²) in [5, 5.41) is 0. The van der Waals surface area contributed by atoms with Gasteiger partial charge >= 0.3 is 65.8 Å². The van der Waals surface area contributed by atoms with Crippen molar-refractivity contribution in [1.82, 2.24) is 4.67 Å². The molecule has 1 nitrogen and oxygen atoms in total. The molecule has 0 spiro atoms. The molecule has 9 heavy (non-hydrogen) atoms. The van der Waals surface area contributed by atoms with Gasteiger partial charge in [0.25, 0.3) is 0 Å². The molecule has 0 atom stereocenters. The fourth-order valence-electron chi connectivity index (χ4n) is 0.454. The third kappa shape index (κ3) is 4.00. The molecule has 0 N–H and O–H groups in total. The maximum absolute atomic E-state index is 3.78. The van der Waals surface area contributed by atoms with E-state index in [2.05, 4.69) is 40.2 Å². The fourth-order valence-corrected chi connectivity index (χ4v) is 1.83. The monoisotopic (exact) mass is 185 g/mol. The minimum absolute atomic E-state index is 0.571. The zero-order valence-electron chi connectivity index (χ0n) is 5.82. The molecule has 54 valence electrons. The van der Waals surface area contributed by atoms with E-state index >= 15 is 0 Å². The van der Waals surface area contributed by atoms with Crippen LogP contribution in [0.25, 0.3) is 0 Å². The van der Waals surface area contributed by atoms with Crippen molar-refractivity contribution in [2.45, 2.75) is 19.9 Å². The second-order valence-corrected chi connectivity index (χ2v) is 3.39. The predicted molar refractivity (Wildman–Crippen MR) is 39.0 cm³/mol. The van der Waals surface area contributed by atoms with Crippen molar-refractivity contribution in [2.75, 3.05) is 6.54 Å². The molecule has 0 aliphatic carbocycles. The Hall–Kier alpha value is 0.519. The van der Waals surface area contributed by atoms with E-state index < -0.39 is 0 Å². The van der Waals surface area contributed by atoms with Gasteiger partial charge in [0.05, 0.1) is 0 Å². The van der Waals surface area contributed by atoms with E-state index in [0.29, 0.717) is 6.04 Å². The Morgan fingerprint density at radius 2 is 2.33 bits per heavy atom. The Labute approximate surface area is 66.2 Å². The number of nitrogens with zero attached hydrogens (tertiary/aromatic N) is 1. The number of hydrogen-bond donors (Lipinski definition) is 0. The van der Waals surface area contributed by atoms with Crippen LogP contribution in [0.15, 0.2) is 12.7 Å². The summed E-state index contributed by atoms with van der Waals surface area (Å²) in [6, 6.07) is 0.571. The summed E-state index contributed by atoms with van der Waals surface area (Å²) in [5.41, 5.74) is 0. The molecule has 0 aliphatic rings. The van der Waals surface area contributed by atoms with E-state index in [9.17, 15) is 0 Å². The molecule has 0 rings (SSSR count). The average molecular weight is 185 g/mol. The van der Waals surface area contributed by atoms with Gasteiger partial charge in [-0.2, -0.15) is 0 Å². The van der Waals surface area contributed by atoms with Gasteiger partial charge < -0.3 is 0 Å². The first kappa shape index (κ1) is 9.52. The molecule has 0 amide bonds. The van der Waals surface area contributed by atoms with Gasteiger partial charge in [-0.05, 0) is 0 Å². The molecule has 0 aromatic heterocycles. The van der Waals surface area contributed by atoms with Crippen LogP contribution in [0, 0.1) is 0 Å². The van der Waals surface area contributed by atoms with Crippen LogP contribution in [0.2, 0.25) is 0 Å². The number of hydrogen-bond acceptors (Lipinski definition) is 1. The third-order valence-electron chi connectivity index (χ3n) is 1.00. The summed E-state index contributed by atoms with van der Waals surface area (Å²) >= 11 is 3.78. The standard InChI is InChI=1S/C6H12NP.Fe/c1-4-5-7(8)6(2)3;/h4,6H,1,5H2,2-3H3;. The van der Waals surface area contributed by atoms with Gasteiger partial charge in [0, 0.05) is 0 Å². The Kier molecular flexibility index (Phi) is 5.62. The minimum atomic E-state index is 0.571. The first-order valence-electron chi connectivity index (χ1n) is 2.90. The van der Waals surface area contributed by atoms with Crippen molar-refractivity contribution in [3.63, 3.8) is 0 Å². The first-order valence-corrected chi connectivity index (χ1v) is 5.10. The van der Waals surface area contributed by atoms with Gasteiger partial charge in [-0.25, -0.2) is 0 Å². The second kappa shape index (κ2) is 5.32. The molecule has 0 heterocycles. The molecule has 0 radical (unpaired) electrons. The molecule has 0 saturated carbocycles. The van der Waals surface area contributed by atoms with E-state index in [-0.39, 0.29) is 0 Å². The van der Waals surface area contributed by atoms with Gasteiger partial charge in [0.2, 0.25) is 0 Å². The summed E-state index contributed by atoms with van der Waals surface area (Å²) in [7, 11) is 0. The Morgan fingerprint density at radius 3 is 2.44 bits per heavy atom. The first-order chi connectivity index (χ1) is 4.22. The molecular formula is C6H12FeNP. The quantitative estimate of drug-likeness (QED) is 0.368. The molecule has 0 aliphatic heterocycles. The summed E-state index contributed by atoms with van der Waals surface area (Å²) in [4.78, 5) is 0. The molecular weight excluding hydrogens is 173 g/mol. The van der Waals surface area contributed by atoms with Crippen molar-refractivity contribution >= 4 is 6.98 Å². The normalized spacial score (nSPS) is 11.2. The summed E-state index contributed by atoms with van der Waals surface area (Å²) < 4.78 is 2.22. The number of rotatable bonds is 4. The Bertz CT molecular complexity index is 103. The van der Waals surface area contributed by atoms with Crippen LogP contribution in [-0.4, -0.2) is 17.3 Å². The van der Waals surface area contributed by atoms with Crippen molar-refractivity contribution < 1.29 is 15.1 Å². The Balaban J connectivity index is 3.66. The van der Waals surface area contributed by atoms with E-state index in [1.807, 2.05) is 6.08 Å². The van der Waals surface area contributed by atoms with Crippen LogP contribution in [-0.2, 0) is 15.1 Å². The van der Waals surface area contributed by atoms with E-state index in [4.69, 9.17) is 0 Å². The zero-order valence-corrected chi connectivity index (χ0v) is 7.82. The predicted octanol–water partition coefficient (Wildman–Crippen LogP) is 2.21. The third-order valence-corrected chi connectivity index (χ3v) is 2.66. The van der Waals surface area contributed by atoms with Crippen LogP contribution in [0.3, 0.4) is 0 Å². The second-order valence-electron chi connectivity index (χ2n) is 2.08. The van der Waals surface area contributed by atoms with Gasteiger partial charge in [0.1, 0.15) is 0 Å². The summed E-state index contributed by atoms with van der Waals surface area (Å²) in [5.74, 6) is 0. The molecule has 0 fully saturated rings. The Morgan fingerprint density at radius 1 is 1.78 bits per heavy atom. The molecule has 3 heteroatoms. The maximum atomic E-state index is 3.78. The van der Waals surface area contributed by atoms with Crippen molar-refractivity contribution in [3.05, 3.63) is 12.7 Å². The van der Waals surface area contributed by atoms with E-state index in [1.165, 1.54) is 0 Å². The van der Waals surface area contributed by atoms with Crippen LogP contribution >= 0.6 is 6.98 Å². The van der Waals surface area contributed by atoms with Crippen molar-refractivity contribution in [1.29, 1.82) is 0 Å². The SMILES string of the molecule is C=CCN([P]=[Fe])C(C)C. The van der Waals surface area contributed by atoms with E-state index in [1.54, 1.807) is 0 Å². The van der Waals surface area contributed by atoms with Crippen LogP contribution < -0.4 is 0 Å². The van der Waals surface area contributed by atoms with Gasteiger partial charge in [-0.1, -0.05) is 0 Å². The van der Waals surface area contributed by atoms with Crippen LogP contribution in [0.4, 0.5) is 0 Å². The molecule has 0 bridgehead atoms. The van der Waals surface area contributed by atoms with Crippen molar-refractivity contribution in [3.8, 4) is 0 Å². The molecule has 0 aromatic rings. The molecule has 0 unspecified atom stereocenters.